The van der Waals surface area contributed by atoms with Gasteiger partial charge in [0.05, 0.1) is 0 Å². The lowest BCUT2D eigenvalue weighted by molar-refractivity contribution is 0.949. The quantitative estimate of drug-likeness (QED) is 0.629. The average Bonchev–Trinajstić information content (AvgIpc) is 2.12. The molecule has 1 heterocycles. The van der Waals surface area contributed by atoms with Crippen LogP contribution < -0.4 is 0 Å². The largest absolute Gasteiger partial charge is 0.179 e. The van der Waals surface area contributed by atoms with Crippen LogP contribution in [0.3, 0.4) is 0 Å². The molecule has 0 spiro atoms. The normalized spacial score (nSPS) is 26.2. The molecule has 0 unspecified atom stereocenters. The molecule has 0 bridgehead atoms. The third kappa shape index (κ3) is 2.31. The minimum absolute atomic E-state index is 0.390. The maximum atomic E-state index is 3.95. The van der Waals surface area contributed by atoms with Crippen LogP contribution in [-0.2, 0) is 0 Å². The molecule has 0 aromatic heterocycles. The third-order valence-corrected chi connectivity index (χ3v) is 7.46. The summed E-state index contributed by atoms with van der Waals surface area (Å²) in [5.74, 6) is 4.08. The Balaban J connectivity index is 2.43. The van der Waals surface area contributed by atoms with Gasteiger partial charge in [0.15, 0.2) is 0 Å². The van der Waals surface area contributed by atoms with Gasteiger partial charge in [0.25, 0.3) is 0 Å². The van der Waals surface area contributed by atoms with E-state index in [-0.39, 0.29) is 0 Å². The summed E-state index contributed by atoms with van der Waals surface area (Å²) in [4.78, 5) is 0. The predicted molar refractivity (Wildman–Crippen MR) is 55.2 cm³/mol. The summed E-state index contributed by atoms with van der Waals surface area (Å²) in [6, 6.07) is 0. The Morgan fingerprint density at radius 3 is 2.40 bits per heavy atom. The van der Waals surface area contributed by atoms with Crippen molar-refractivity contribution in [1.82, 2.24) is 0 Å². The molecular formula is C8H15BrS. The van der Waals surface area contributed by atoms with Crippen molar-refractivity contribution in [2.24, 2.45) is 0 Å². The first-order chi connectivity index (χ1) is 4.62. The highest BCUT2D eigenvalue weighted by Crippen LogP contribution is 2.61. The van der Waals surface area contributed by atoms with Crippen LogP contribution in [0.5, 0.6) is 0 Å². The van der Waals surface area contributed by atoms with Gasteiger partial charge in [-0.05, 0) is 46.1 Å². The third-order valence-electron chi connectivity index (χ3n) is 1.78. The summed E-state index contributed by atoms with van der Waals surface area (Å²) in [7, 11) is -0.390. The topological polar surface area (TPSA) is 0 Å². The van der Waals surface area contributed by atoms with Crippen LogP contribution in [0.15, 0.2) is 12.2 Å². The minimum Gasteiger partial charge on any atom is -0.179 e. The molecule has 1 rings (SSSR count). The predicted octanol–water partition coefficient (Wildman–Crippen LogP) is 3.47. The van der Waals surface area contributed by atoms with Gasteiger partial charge < -0.3 is 0 Å². The van der Waals surface area contributed by atoms with Crippen molar-refractivity contribution >= 4 is 23.3 Å². The van der Waals surface area contributed by atoms with Gasteiger partial charge in [-0.15, -0.1) is 0 Å². The summed E-state index contributed by atoms with van der Waals surface area (Å²) in [5.41, 5.74) is 1.34. The van der Waals surface area contributed by atoms with Gasteiger partial charge >= 0.3 is 0 Å². The van der Waals surface area contributed by atoms with Gasteiger partial charge in [-0.3, -0.25) is 0 Å². The van der Waals surface area contributed by atoms with Crippen molar-refractivity contribution in [2.75, 3.05) is 17.3 Å². The van der Waals surface area contributed by atoms with Crippen LogP contribution in [0, 0.1) is 0 Å². The minimum atomic E-state index is -0.390. The second-order valence-electron chi connectivity index (χ2n) is 3.16. The van der Waals surface area contributed by atoms with E-state index >= 15 is 0 Å². The van der Waals surface area contributed by atoms with E-state index in [2.05, 4.69) is 28.3 Å². The van der Waals surface area contributed by atoms with E-state index in [1.165, 1.54) is 35.7 Å². The molecule has 0 amide bonds. The number of rotatable bonds is 2. The molecule has 0 aliphatic carbocycles. The van der Waals surface area contributed by atoms with Crippen molar-refractivity contribution in [3.8, 4) is 0 Å². The van der Waals surface area contributed by atoms with Crippen molar-refractivity contribution in [2.45, 2.75) is 19.8 Å². The van der Waals surface area contributed by atoms with E-state index < -0.39 is 8.46 Å². The Labute approximate surface area is 72.6 Å². The molecule has 10 heavy (non-hydrogen) atoms. The van der Waals surface area contributed by atoms with E-state index in [4.69, 9.17) is 0 Å². The Morgan fingerprint density at radius 1 is 1.50 bits per heavy atom. The first kappa shape index (κ1) is 8.66. The zero-order chi connectivity index (χ0) is 7.61. The molecule has 0 aromatic rings. The highest BCUT2D eigenvalue weighted by molar-refractivity contribution is 9.58. The summed E-state index contributed by atoms with van der Waals surface area (Å²) in [6.07, 6.45) is 2.85. The van der Waals surface area contributed by atoms with Gasteiger partial charge in [-0.25, -0.2) is 0 Å². The fourth-order valence-corrected chi connectivity index (χ4v) is 6.77. The zero-order valence-electron chi connectivity index (χ0n) is 6.53. The molecule has 1 aliphatic heterocycles. The van der Waals surface area contributed by atoms with Crippen molar-refractivity contribution < 1.29 is 0 Å². The molecule has 2 heteroatoms. The van der Waals surface area contributed by atoms with Crippen LogP contribution in [0.1, 0.15) is 19.8 Å². The number of hydrogen-bond donors (Lipinski definition) is 0. The lowest BCUT2D eigenvalue weighted by Crippen LogP contribution is -1.99. The van der Waals surface area contributed by atoms with E-state index in [9.17, 15) is 0 Å². The van der Waals surface area contributed by atoms with Gasteiger partial charge in [-0.2, -0.15) is 8.46 Å². The van der Waals surface area contributed by atoms with Crippen LogP contribution in [0.4, 0.5) is 0 Å². The standard InChI is InChI=1S/C8H15BrS/c1-8(2)7-10(9)5-3-4-6-10/h1,3-7H2,2H3. The van der Waals surface area contributed by atoms with Crippen LogP contribution in [0.25, 0.3) is 0 Å². The maximum Gasteiger partial charge on any atom is 0.00688 e. The first-order valence-corrected chi connectivity index (χ1v) is 7.71. The Morgan fingerprint density at radius 2 is 2.00 bits per heavy atom. The molecule has 1 saturated heterocycles. The van der Waals surface area contributed by atoms with Gasteiger partial charge in [-0.1, -0.05) is 12.2 Å². The highest BCUT2D eigenvalue weighted by atomic mass is 79.9. The Hall–Kier alpha value is 0.570. The van der Waals surface area contributed by atoms with Crippen molar-refractivity contribution in [1.29, 1.82) is 0 Å². The van der Waals surface area contributed by atoms with Gasteiger partial charge in [0.1, 0.15) is 0 Å². The average molecular weight is 223 g/mol. The summed E-state index contributed by atoms with van der Waals surface area (Å²) in [5, 5.41) is 0. The number of halogens is 1. The zero-order valence-corrected chi connectivity index (χ0v) is 8.93. The molecule has 0 nitrogen and oxygen atoms in total. The van der Waals surface area contributed by atoms with Crippen molar-refractivity contribution in [3.05, 3.63) is 12.2 Å². The summed E-state index contributed by atoms with van der Waals surface area (Å²) >= 11 is 3.87. The second kappa shape index (κ2) is 3.31. The fraction of sp³-hybridized carbons (Fsp3) is 0.750. The van der Waals surface area contributed by atoms with E-state index in [1.807, 2.05) is 0 Å². The monoisotopic (exact) mass is 222 g/mol. The highest BCUT2D eigenvalue weighted by Gasteiger charge is 2.24. The molecule has 0 aromatic carbocycles. The molecule has 0 N–H and O–H groups in total. The molecule has 0 saturated carbocycles. The Bertz CT molecular complexity index is 136. The SMILES string of the molecule is C=C(C)CS1(Br)CCCC1. The van der Waals surface area contributed by atoms with Gasteiger partial charge in [0, 0.05) is 5.75 Å². The van der Waals surface area contributed by atoms with Crippen LogP contribution in [-0.4, -0.2) is 17.3 Å². The van der Waals surface area contributed by atoms with Crippen molar-refractivity contribution in [3.63, 3.8) is 0 Å². The smallest absolute Gasteiger partial charge is 0.00688 e. The molecule has 0 radical (unpaired) electrons. The molecule has 0 atom stereocenters. The molecule has 1 aliphatic rings. The Kier molecular flexibility index (Phi) is 2.87. The molecule has 60 valence electrons. The van der Waals surface area contributed by atoms with E-state index in [0.717, 1.165) is 0 Å². The van der Waals surface area contributed by atoms with E-state index in [0.29, 0.717) is 0 Å². The number of hydrogen-bond acceptors (Lipinski definition) is 0. The lowest BCUT2D eigenvalue weighted by Gasteiger charge is -2.27. The fourth-order valence-electron chi connectivity index (χ4n) is 1.41. The second-order valence-corrected chi connectivity index (χ2v) is 10.3. The van der Waals surface area contributed by atoms with Crippen LogP contribution >= 0.6 is 23.3 Å². The van der Waals surface area contributed by atoms with E-state index in [1.54, 1.807) is 0 Å². The molecular weight excluding hydrogens is 208 g/mol. The first-order valence-electron chi connectivity index (χ1n) is 3.73. The lowest BCUT2D eigenvalue weighted by atomic mass is 10.4. The van der Waals surface area contributed by atoms with Gasteiger partial charge in [0.2, 0.25) is 0 Å². The summed E-state index contributed by atoms with van der Waals surface area (Å²) in [6.45, 7) is 6.09. The van der Waals surface area contributed by atoms with Crippen LogP contribution in [0.2, 0.25) is 0 Å². The maximum absolute atomic E-state index is 3.95. The molecule has 1 fully saturated rings. The summed E-state index contributed by atoms with van der Waals surface area (Å²) < 4.78 is 0.